The summed E-state index contributed by atoms with van der Waals surface area (Å²) in [6, 6.07) is 46.8. The van der Waals surface area contributed by atoms with Crippen LogP contribution in [0.15, 0.2) is 158 Å². The number of methoxy groups -OCH3 is 1. The molecular weight excluding hydrogens is 713 g/mol. The van der Waals surface area contributed by atoms with Crippen LogP contribution in [0.3, 0.4) is 0 Å². The lowest BCUT2D eigenvalue weighted by Crippen LogP contribution is -2.49. The van der Waals surface area contributed by atoms with Crippen molar-refractivity contribution in [2.24, 2.45) is 0 Å². The number of hydrogen-bond acceptors (Lipinski definition) is 8. The van der Waals surface area contributed by atoms with E-state index in [1.807, 2.05) is 146 Å². The number of imidazole rings is 1. The zero-order valence-electron chi connectivity index (χ0n) is 30.7. The third-order valence-corrected chi connectivity index (χ3v) is 10.3. The standard InChI is InChI=1S/C45H41F2N5O4/c1-53-37-24-22-36(23-25-37)45(34-18-10-4-11-19-34,35-20-12-5-13-21-35)51-41-39-42(49-30-48-41)52(31-50-39)43-38(47)40(55-27-33-16-8-3-9-17-33)44(28-46,56-43)29-54-26-32-14-6-2-7-15-32/h2-25,30-31,38,40,43H,26-29H2,1H3,(H,48,49,51)/t38-,40+,43-,44-/m1/s1. The van der Waals surface area contributed by atoms with Gasteiger partial charge in [0, 0.05) is 0 Å². The van der Waals surface area contributed by atoms with Crippen LogP contribution in [0, 0.1) is 0 Å². The number of nitrogens with zero attached hydrogens (tertiary/aromatic N) is 4. The van der Waals surface area contributed by atoms with Gasteiger partial charge in [0.25, 0.3) is 0 Å². The molecule has 1 aliphatic heterocycles. The Morgan fingerprint density at radius 1 is 0.732 bits per heavy atom. The zero-order valence-corrected chi connectivity index (χ0v) is 30.7. The maximum Gasteiger partial charge on any atom is 0.174 e. The molecule has 7 aromatic rings. The van der Waals surface area contributed by atoms with Crippen LogP contribution in [-0.4, -0.2) is 57.8 Å². The normalized spacial score (nSPS) is 19.6. The number of nitrogens with one attached hydrogen (secondary N) is 1. The quantitative estimate of drug-likeness (QED) is 0.104. The van der Waals surface area contributed by atoms with Crippen molar-refractivity contribution in [3.8, 4) is 5.75 Å². The van der Waals surface area contributed by atoms with Gasteiger partial charge in [-0.05, 0) is 39.9 Å². The van der Waals surface area contributed by atoms with Crippen LogP contribution in [-0.2, 0) is 33.0 Å². The van der Waals surface area contributed by atoms with E-state index in [1.165, 1.54) is 17.2 Å². The number of rotatable bonds is 15. The van der Waals surface area contributed by atoms with Crippen molar-refractivity contribution in [3.63, 3.8) is 0 Å². The Kier molecular flexibility index (Phi) is 10.8. The van der Waals surface area contributed by atoms with Gasteiger partial charge in [-0.3, -0.25) is 4.57 Å². The summed E-state index contributed by atoms with van der Waals surface area (Å²) in [4.78, 5) is 14.0. The van der Waals surface area contributed by atoms with E-state index in [-0.39, 0.29) is 19.8 Å². The molecule has 3 heterocycles. The molecule has 0 bridgehead atoms. The summed E-state index contributed by atoms with van der Waals surface area (Å²) < 4.78 is 58.0. The molecule has 0 saturated carbocycles. The Morgan fingerprint density at radius 2 is 1.30 bits per heavy atom. The molecule has 9 nitrogen and oxygen atoms in total. The summed E-state index contributed by atoms with van der Waals surface area (Å²) in [7, 11) is 1.63. The Hall–Kier alpha value is -6.01. The van der Waals surface area contributed by atoms with Crippen molar-refractivity contribution in [1.29, 1.82) is 0 Å². The Bertz CT molecular complexity index is 2280. The van der Waals surface area contributed by atoms with Gasteiger partial charge in [-0.2, -0.15) is 0 Å². The van der Waals surface area contributed by atoms with E-state index >= 15 is 8.78 Å². The molecule has 0 spiro atoms. The van der Waals surface area contributed by atoms with E-state index in [1.54, 1.807) is 7.11 Å². The fourth-order valence-corrected chi connectivity index (χ4v) is 7.45. The first kappa shape index (κ1) is 36.9. The van der Waals surface area contributed by atoms with Crippen molar-refractivity contribution < 1.29 is 27.7 Å². The summed E-state index contributed by atoms with van der Waals surface area (Å²) in [5.41, 5.74) is 2.42. The van der Waals surface area contributed by atoms with Crippen molar-refractivity contribution >= 4 is 17.0 Å². The van der Waals surface area contributed by atoms with Crippen molar-refractivity contribution in [3.05, 3.63) is 186 Å². The van der Waals surface area contributed by atoms with Crippen LogP contribution in [0.2, 0.25) is 0 Å². The first-order valence-electron chi connectivity index (χ1n) is 18.4. The van der Waals surface area contributed by atoms with Crippen molar-refractivity contribution in [2.75, 3.05) is 25.7 Å². The average molecular weight is 754 g/mol. The second-order valence-electron chi connectivity index (χ2n) is 13.7. The van der Waals surface area contributed by atoms with Crippen LogP contribution in [0.4, 0.5) is 14.6 Å². The monoisotopic (exact) mass is 753 g/mol. The van der Waals surface area contributed by atoms with Crippen LogP contribution < -0.4 is 10.1 Å². The second kappa shape index (κ2) is 16.4. The largest absolute Gasteiger partial charge is 0.497 e. The smallest absolute Gasteiger partial charge is 0.174 e. The highest BCUT2D eigenvalue weighted by atomic mass is 19.1. The van der Waals surface area contributed by atoms with Gasteiger partial charge in [0.05, 0.1) is 33.3 Å². The predicted molar refractivity (Wildman–Crippen MR) is 210 cm³/mol. The number of benzene rings is 5. The fraction of sp³-hybridized carbons (Fsp3) is 0.222. The molecule has 1 fully saturated rings. The van der Waals surface area contributed by atoms with Gasteiger partial charge in [-0.25, -0.2) is 23.7 Å². The van der Waals surface area contributed by atoms with E-state index in [2.05, 4.69) is 10.3 Å². The van der Waals surface area contributed by atoms with Crippen molar-refractivity contribution in [1.82, 2.24) is 19.5 Å². The Balaban J connectivity index is 1.18. The summed E-state index contributed by atoms with van der Waals surface area (Å²) in [5.74, 6) is 1.11. The zero-order chi connectivity index (χ0) is 38.4. The second-order valence-corrected chi connectivity index (χ2v) is 13.7. The molecule has 2 aromatic heterocycles. The lowest BCUT2D eigenvalue weighted by molar-refractivity contribution is -0.164. The molecule has 8 rings (SSSR count). The lowest BCUT2D eigenvalue weighted by atomic mass is 9.77. The van der Waals surface area contributed by atoms with Crippen LogP contribution in [0.5, 0.6) is 5.75 Å². The van der Waals surface area contributed by atoms with E-state index in [0.717, 1.165) is 27.8 Å². The molecule has 1 saturated heterocycles. The van der Waals surface area contributed by atoms with Gasteiger partial charge >= 0.3 is 0 Å². The SMILES string of the molecule is COc1ccc(C(Nc2ncnc3c2ncn3[C@@H]2O[C@](CF)(COCc3ccccc3)[C@@H](OCc3ccccc3)[C@H]2F)(c2ccccc2)c2ccccc2)cc1. The minimum atomic E-state index is -1.81. The number of alkyl halides is 2. The lowest BCUT2D eigenvalue weighted by Gasteiger charge is -2.37. The van der Waals surface area contributed by atoms with Crippen LogP contribution >= 0.6 is 0 Å². The molecule has 1 N–H and O–H groups in total. The number of halogens is 2. The van der Waals surface area contributed by atoms with Gasteiger partial charge in [-0.15, -0.1) is 0 Å². The average Bonchev–Trinajstić information content (AvgIpc) is 3.82. The van der Waals surface area contributed by atoms with Gasteiger partial charge in [0.1, 0.15) is 30.4 Å². The molecule has 0 radical (unpaired) electrons. The maximum absolute atomic E-state index is 17.0. The highest BCUT2D eigenvalue weighted by Crippen LogP contribution is 2.45. The molecule has 4 atom stereocenters. The summed E-state index contributed by atoms with van der Waals surface area (Å²) >= 11 is 0. The van der Waals surface area contributed by atoms with Crippen molar-refractivity contribution in [2.45, 2.75) is 42.9 Å². The minimum absolute atomic E-state index is 0.0514. The fourth-order valence-electron chi connectivity index (χ4n) is 7.45. The van der Waals surface area contributed by atoms with Gasteiger partial charge in [0.2, 0.25) is 0 Å². The number of fused-ring (bicyclic) bond motifs is 1. The molecule has 284 valence electrons. The molecule has 0 amide bonds. The summed E-state index contributed by atoms with van der Waals surface area (Å²) in [6.07, 6.45) is -1.62. The third-order valence-electron chi connectivity index (χ3n) is 10.3. The minimum Gasteiger partial charge on any atom is -0.497 e. The molecule has 11 heteroatoms. The summed E-state index contributed by atoms with van der Waals surface area (Å²) in [6.45, 7) is -1.06. The highest BCUT2D eigenvalue weighted by Gasteiger charge is 2.58. The van der Waals surface area contributed by atoms with Gasteiger partial charge in [0.15, 0.2) is 35.0 Å². The molecule has 0 aliphatic carbocycles. The van der Waals surface area contributed by atoms with Gasteiger partial charge < -0.3 is 24.3 Å². The first-order valence-corrected chi connectivity index (χ1v) is 18.4. The molecule has 56 heavy (non-hydrogen) atoms. The number of hydrogen-bond donors (Lipinski definition) is 1. The van der Waals surface area contributed by atoms with E-state index in [9.17, 15) is 0 Å². The maximum atomic E-state index is 17.0. The molecular formula is C45H41F2N5O4. The van der Waals surface area contributed by atoms with E-state index < -0.39 is 36.3 Å². The Labute approximate surface area is 323 Å². The number of ether oxygens (including phenoxy) is 4. The van der Waals surface area contributed by atoms with Gasteiger partial charge in [-0.1, -0.05) is 133 Å². The van der Waals surface area contributed by atoms with Crippen LogP contribution in [0.1, 0.15) is 34.0 Å². The Morgan fingerprint density at radius 3 is 1.89 bits per heavy atom. The van der Waals surface area contributed by atoms with E-state index in [0.29, 0.717) is 22.7 Å². The number of anilines is 1. The predicted octanol–water partition coefficient (Wildman–Crippen LogP) is 8.62. The number of aromatic nitrogens is 4. The molecule has 0 unspecified atom stereocenters. The summed E-state index contributed by atoms with van der Waals surface area (Å²) in [5, 5.41) is 3.75. The van der Waals surface area contributed by atoms with Crippen LogP contribution in [0.25, 0.3) is 11.2 Å². The topological polar surface area (TPSA) is 92.6 Å². The molecule has 5 aromatic carbocycles. The third kappa shape index (κ3) is 7.12. The first-order chi connectivity index (χ1) is 27.5. The molecule has 1 aliphatic rings. The highest BCUT2D eigenvalue weighted by molar-refractivity contribution is 5.84. The van der Waals surface area contributed by atoms with E-state index in [4.69, 9.17) is 28.9 Å².